The van der Waals surface area contributed by atoms with Crippen molar-refractivity contribution in [2.24, 2.45) is 0 Å². The molecule has 1 atom stereocenters. The van der Waals surface area contributed by atoms with Crippen molar-refractivity contribution >= 4 is 5.69 Å². The smallest absolute Gasteiger partial charge is 0.199 e. The lowest BCUT2D eigenvalue weighted by molar-refractivity contribution is -0.107. The van der Waals surface area contributed by atoms with E-state index in [0.29, 0.717) is 12.3 Å². The highest BCUT2D eigenvalue weighted by Crippen LogP contribution is 2.26. The summed E-state index contributed by atoms with van der Waals surface area (Å²) in [6.07, 6.45) is 2.42. The van der Waals surface area contributed by atoms with Crippen molar-refractivity contribution in [2.45, 2.75) is 25.6 Å². The number of nitrogens with zero attached hydrogens (tertiary/aromatic N) is 1. The van der Waals surface area contributed by atoms with Crippen LogP contribution in [0.15, 0.2) is 18.2 Å². The molecular weight excluding hydrogens is 209 g/mol. The summed E-state index contributed by atoms with van der Waals surface area (Å²) in [6, 6.07) is 4.07. The van der Waals surface area contributed by atoms with Crippen LogP contribution in [0.4, 0.5) is 10.1 Å². The molecule has 1 aliphatic heterocycles. The van der Waals surface area contributed by atoms with Crippen molar-refractivity contribution in [1.82, 2.24) is 0 Å². The van der Waals surface area contributed by atoms with Gasteiger partial charge in [0, 0.05) is 6.42 Å². The molecule has 1 aromatic carbocycles. The molecule has 0 radical (unpaired) electrons. The first-order valence-electron chi connectivity index (χ1n) is 5.25. The molecule has 16 heavy (non-hydrogen) atoms. The van der Waals surface area contributed by atoms with E-state index in [1.165, 1.54) is 18.2 Å². The molecule has 2 rings (SSSR count). The molecule has 0 bridgehead atoms. The third-order valence-corrected chi connectivity index (χ3v) is 2.44. The van der Waals surface area contributed by atoms with Gasteiger partial charge in [-0.2, -0.15) is 0 Å². The highest BCUT2D eigenvalue weighted by atomic mass is 19.1. The Hall–Kier alpha value is -1.60. The molecule has 84 valence electrons. The largest absolute Gasteiger partial charge is 0.463 e. The van der Waals surface area contributed by atoms with Crippen LogP contribution >= 0.6 is 0 Å². The summed E-state index contributed by atoms with van der Waals surface area (Å²) in [5.74, 6) is -0.359. The lowest BCUT2D eigenvalue weighted by Crippen LogP contribution is -2.25. The van der Waals surface area contributed by atoms with Crippen molar-refractivity contribution in [3.8, 4) is 5.75 Å². The van der Waals surface area contributed by atoms with Crippen LogP contribution in [0, 0.1) is 12.4 Å². The van der Waals surface area contributed by atoms with E-state index in [4.69, 9.17) is 16.0 Å². The van der Waals surface area contributed by atoms with E-state index in [-0.39, 0.29) is 12.0 Å². The van der Waals surface area contributed by atoms with Crippen molar-refractivity contribution in [2.75, 3.05) is 6.61 Å². The first-order valence-corrected chi connectivity index (χ1v) is 5.25. The number of hydrogen-bond donors (Lipinski definition) is 0. The van der Waals surface area contributed by atoms with E-state index < -0.39 is 5.82 Å². The molecule has 0 saturated carbocycles. The van der Waals surface area contributed by atoms with E-state index >= 15 is 0 Å². The minimum atomic E-state index is -0.457. The highest BCUT2D eigenvalue weighted by Gasteiger charge is 2.17. The topological polar surface area (TPSA) is 22.8 Å². The van der Waals surface area contributed by atoms with Gasteiger partial charge in [0.05, 0.1) is 13.2 Å². The summed E-state index contributed by atoms with van der Waals surface area (Å²) in [4.78, 5) is 3.23. The Morgan fingerprint density at radius 3 is 3.00 bits per heavy atom. The second kappa shape index (κ2) is 4.95. The van der Waals surface area contributed by atoms with Crippen LogP contribution in [0.2, 0.25) is 0 Å². The van der Waals surface area contributed by atoms with Crippen LogP contribution in [0.25, 0.3) is 4.85 Å². The Balaban J connectivity index is 2.10. The maximum Gasteiger partial charge on any atom is 0.199 e. The standard InChI is InChI=1S/C12H12FNO2/c1-14-9-5-6-10(13)11(8-9)16-12-4-2-3-7-15-12/h5-6,8,12H,2-4,7H2. The summed E-state index contributed by atoms with van der Waals surface area (Å²) in [6.45, 7) is 7.49. The van der Waals surface area contributed by atoms with Gasteiger partial charge in [0.2, 0.25) is 0 Å². The minimum Gasteiger partial charge on any atom is -0.463 e. The third-order valence-electron chi connectivity index (χ3n) is 2.44. The molecule has 0 aromatic heterocycles. The Morgan fingerprint density at radius 2 is 2.31 bits per heavy atom. The predicted molar refractivity (Wildman–Crippen MR) is 56.9 cm³/mol. The van der Waals surface area contributed by atoms with Gasteiger partial charge in [-0.1, -0.05) is 6.07 Å². The lowest BCUT2D eigenvalue weighted by Gasteiger charge is -2.23. The molecule has 0 N–H and O–H groups in total. The van der Waals surface area contributed by atoms with E-state index in [1.807, 2.05) is 0 Å². The first-order chi connectivity index (χ1) is 7.79. The second-order valence-electron chi connectivity index (χ2n) is 3.64. The number of benzene rings is 1. The van der Waals surface area contributed by atoms with Crippen LogP contribution in [-0.2, 0) is 4.74 Å². The molecule has 0 spiro atoms. The maximum atomic E-state index is 13.4. The Kier molecular flexibility index (Phi) is 3.37. The van der Waals surface area contributed by atoms with Crippen LogP contribution < -0.4 is 4.74 Å². The Labute approximate surface area is 93.6 Å². The van der Waals surface area contributed by atoms with Crippen molar-refractivity contribution in [3.63, 3.8) is 0 Å². The van der Waals surface area contributed by atoms with Crippen LogP contribution in [-0.4, -0.2) is 12.9 Å². The second-order valence-corrected chi connectivity index (χ2v) is 3.64. The molecule has 0 amide bonds. The summed E-state index contributed by atoms with van der Waals surface area (Å²) < 4.78 is 24.1. The van der Waals surface area contributed by atoms with Gasteiger partial charge < -0.3 is 9.47 Å². The van der Waals surface area contributed by atoms with Crippen molar-refractivity contribution in [3.05, 3.63) is 35.4 Å². The Bertz CT molecular complexity index is 408. The van der Waals surface area contributed by atoms with E-state index in [1.54, 1.807) is 0 Å². The zero-order valence-electron chi connectivity index (χ0n) is 8.78. The number of ether oxygens (including phenoxy) is 2. The molecule has 0 aliphatic carbocycles. The zero-order valence-corrected chi connectivity index (χ0v) is 8.78. The van der Waals surface area contributed by atoms with Gasteiger partial charge in [-0.05, 0) is 25.0 Å². The summed E-state index contributed by atoms with van der Waals surface area (Å²) >= 11 is 0. The van der Waals surface area contributed by atoms with Gasteiger partial charge in [-0.25, -0.2) is 9.24 Å². The van der Waals surface area contributed by atoms with Crippen LogP contribution in [0.1, 0.15) is 19.3 Å². The molecule has 1 unspecified atom stereocenters. The van der Waals surface area contributed by atoms with Gasteiger partial charge in [-0.15, -0.1) is 0 Å². The molecule has 3 nitrogen and oxygen atoms in total. The molecule has 1 heterocycles. The van der Waals surface area contributed by atoms with Gasteiger partial charge in [0.1, 0.15) is 5.75 Å². The van der Waals surface area contributed by atoms with E-state index in [2.05, 4.69) is 4.85 Å². The van der Waals surface area contributed by atoms with Gasteiger partial charge in [0.15, 0.2) is 17.8 Å². The molecule has 4 heteroatoms. The SMILES string of the molecule is [C-]#[N+]c1ccc(F)c(OC2CCCCO2)c1. The summed E-state index contributed by atoms with van der Waals surface area (Å²) in [7, 11) is 0. The van der Waals surface area contributed by atoms with Crippen molar-refractivity contribution in [1.29, 1.82) is 0 Å². The zero-order chi connectivity index (χ0) is 11.4. The Morgan fingerprint density at radius 1 is 1.44 bits per heavy atom. The molecular formula is C12H12FNO2. The molecule has 1 saturated heterocycles. The average molecular weight is 221 g/mol. The quantitative estimate of drug-likeness (QED) is 0.715. The average Bonchev–Trinajstić information content (AvgIpc) is 2.33. The third kappa shape index (κ3) is 2.50. The molecule has 1 aliphatic rings. The lowest BCUT2D eigenvalue weighted by atomic mass is 10.2. The number of hydrogen-bond acceptors (Lipinski definition) is 2. The van der Waals surface area contributed by atoms with Gasteiger partial charge in [-0.3, -0.25) is 0 Å². The molecule has 1 fully saturated rings. The van der Waals surface area contributed by atoms with E-state index in [0.717, 1.165) is 19.3 Å². The number of halogens is 1. The molecule has 1 aromatic rings. The van der Waals surface area contributed by atoms with E-state index in [9.17, 15) is 4.39 Å². The number of rotatable bonds is 2. The highest BCUT2D eigenvalue weighted by molar-refractivity contribution is 5.49. The fourth-order valence-electron chi connectivity index (χ4n) is 1.60. The maximum absolute atomic E-state index is 13.4. The predicted octanol–water partition coefficient (Wildman–Crippen LogP) is 3.28. The summed E-state index contributed by atoms with van der Waals surface area (Å²) in [5.41, 5.74) is 0.368. The summed E-state index contributed by atoms with van der Waals surface area (Å²) in [5, 5.41) is 0. The monoisotopic (exact) mass is 221 g/mol. The van der Waals surface area contributed by atoms with Gasteiger partial charge >= 0.3 is 0 Å². The van der Waals surface area contributed by atoms with Gasteiger partial charge in [0.25, 0.3) is 0 Å². The first kappa shape index (κ1) is 10.9. The normalized spacial score (nSPS) is 20.1. The fourth-order valence-corrected chi connectivity index (χ4v) is 1.60. The fraction of sp³-hybridized carbons (Fsp3) is 0.417. The van der Waals surface area contributed by atoms with Crippen LogP contribution in [0.3, 0.4) is 0 Å². The van der Waals surface area contributed by atoms with Crippen molar-refractivity contribution < 1.29 is 13.9 Å². The minimum absolute atomic E-state index is 0.0976. The van der Waals surface area contributed by atoms with Crippen LogP contribution in [0.5, 0.6) is 5.75 Å².